The minimum Gasteiger partial charge on any atom is -0.316 e. The molecular weight excluding hydrogens is 371 g/mol. The fourth-order valence-corrected chi connectivity index (χ4v) is 1.86. The van der Waals surface area contributed by atoms with E-state index in [9.17, 15) is 4.79 Å². The van der Waals surface area contributed by atoms with Crippen molar-refractivity contribution in [3.05, 3.63) is 39.4 Å². The molecule has 0 bridgehead atoms. The summed E-state index contributed by atoms with van der Waals surface area (Å²) >= 11 is 5.53. The average molecular weight is 381 g/mol. The van der Waals surface area contributed by atoms with Gasteiger partial charge in [-0.2, -0.15) is 0 Å². The summed E-state index contributed by atoms with van der Waals surface area (Å²) in [5, 5.41) is 0.852. The van der Waals surface area contributed by atoms with E-state index in [1.165, 1.54) is 4.57 Å². The minimum atomic E-state index is -0.0706. The molecule has 80 valence electrons. The molecule has 0 aliphatic heterocycles. The van der Waals surface area contributed by atoms with Crippen molar-refractivity contribution in [2.45, 2.75) is 0 Å². The average Bonchev–Trinajstić information content (AvgIpc) is 2.29. The standard InChI is InChI=1S/C9H7BrN2O.CH3I/c1-12-5-7(10)6-3-2-4-11-8(6)9(12)13;1-2/h2-5H,1H3;1H3. The first kappa shape index (κ1) is 12.6. The molecule has 0 saturated heterocycles. The third-order valence-electron chi connectivity index (χ3n) is 1.89. The van der Waals surface area contributed by atoms with Crippen molar-refractivity contribution in [2.75, 3.05) is 4.93 Å². The molecule has 5 heteroatoms. The van der Waals surface area contributed by atoms with Gasteiger partial charge in [0.05, 0.1) is 0 Å². The van der Waals surface area contributed by atoms with Crippen molar-refractivity contribution in [1.82, 2.24) is 9.55 Å². The van der Waals surface area contributed by atoms with E-state index >= 15 is 0 Å². The summed E-state index contributed by atoms with van der Waals surface area (Å²) in [6.45, 7) is 0. The number of pyridine rings is 2. The zero-order chi connectivity index (χ0) is 11.4. The van der Waals surface area contributed by atoms with E-state index in [1.807, 2.05) is 17.1 Å². The van der Waals surface area contributed by atoms with Crippen LogP contribution in [0.1, 0.15) is 0 Å². The molecule has 0 spiro atoms. The quantitative estimate of drug-likeness (QED) is 0.520. The molecule has 0 atom stereocenters. The zero-order valence-electron chi connectivity index (χ0n) is 8.37. The lowest BCUT2D eigenvalue weighted by atomic mass is 10.2. The molecule has 2 aromatic heterocycles. The van der Waals surface area contributed by atoms with Crippen LogP contribution in [-0.4, -0.2) is 14.5 Å². The highest BCUT2D eigenvalue weighted by Crippen LogP contribution is 2.18. The molecule has 2 aromatic rings. The Morgan fingerprint density at radius 1 is 1.47 bits per heavy atom. The largest absolute Gasteiger partial charge is 0.316 e. The summed E-state index contributed by atoms with van der Waals surface area (Å²) < 4.78 is 2.40. The minimum absolute atomic E-state index is 0.0706. The number of aryl methyl sites for hydroxylation is 1. The van der Waals surface area contributed by atoms with E-state index in [2.05, 4.69) is 43.5 Å². The third kappa shape index (κ3) is 2.57. The van der Waals surface area contributed by atoms with Crippen molar-refractivity contribution in [3.8, 4) is 0 Å². The van der Waals surface area contributed by atoms with E-state index in [4.69, 9.17) is 0 Å². The normalized spacial score (nSPS) is 9.60. The highest BCUT2D eigenvalue weighted by molar-refractivity contribution is 14.1. The van der Waals surface area contributed by atoms with Crippen LogP contribution in [-0.2, 0) is 7.05 Å². The molecule has 2 rings (SSSR count). The van der Waals surface area contributed by atoms with E-state index in [0.29, 0.717) is 5.52 Å². The molecule has 0 radical (unpaired) electrons. The van der Waals surface area contributed by atoms with Crippen molar-refractivity contribution in [1.29, 1.82) is 0 Å². The van der Waals surface area contributed by atoms with Gasteiger partial charge in [-0.15, -0.1) is 0 Å². The lowest BCUT2D eigenvalue weighted by Crippen LogP contribution is -2.16. The molecule has 0 fully saturated rings. The Labute approximate surface area is 110 Å². The lowest BCUT2D eigenvalue weighted by molar-refractivity contribution is 0.865. The van der Waals surface area contributed by atoms with Crippen LogP contribution in [0.3, 0.4) is 0 Å². The Hall–Kier alpha value is -0.430. The van der Waals surface area contributed by atoms with Crippen molar-refractivity contribution >= 4 is 49.4 Å². The van der Waals surface area contributed by atoms with Crippen LogP contribution in [0.2, 0.25) is 0 Å². The first-order valence-corrected chi connectivity index (χ1v) is 7.13. The van der Waals surface area contributed by atoms with Crippen LogP contribution in [0.5, 0.6) is 0 Å². The van der Waals surface area contributed by atoms with Crippen molar-refractivity contribution in [2.24, 2.45) is 7.05 Å². The van der Waals surface area contributed by atoms with Crippen molar-refractivity contribution in [3.63, 3.8) is 0 Å². The predicted molar refractivity (Wildman–Crippen MR) is 74.6 cm³/mol. The molecule has 0 unspecified atom stereocenters. The number of aromatic nitrogens is 2. The van der Waals surface area contributed by atoms with Crippen LogP contribution in [0.4, 0.5) is 0 Å². The number of nitrogens with zero attached hydrogens (tertiary/aromatic N) is 2. The maximum absolute atomic E-state index is 11.6. The van der Waals surface area contributed by atoms with Crippen LogP contribution in [0.25, 0.3) is 10.9 Å². The van der Waals surface area contributed by atoms with Gasteiger partial charge in [0.25, 0.3) is 5.56 Å². The van der Waals surface area contributed by atoms with Crippen LogP contribution in [0, 0.1) is 0 Å². The molecule has 0 amide bonds. The smallest absolute Gasteiger partial charge is 0.276 e. The summed E-state index contributed by atoms with van der Waals surface area (Å²) in [7, 11) is 1.71. The van der Waals surface area contributed by atoms with E-state index in [-0.39, 0.29) is 5.56 Å². The number of halogens is 2. The molecule has 0 aromatic carbocycles. The van der Waals surface area contributed by atoms with Gasteiger partial charge in [-0.05, 0) is 33.0 Å². The van der Waals surface area contributed by atoms with Gasteiger partial charge in [-0.1, -0.05) is 22.6 Å². The van der Waals surface area contributed by atoms with Gasteiger partial charge < -0.3 is 4.57 Å². The summed E-state index contributed by atoms with van der Waals surface area (Å²) in [6.07, 6.45) is 3.36. The van der Waals surface area contributed by atoms with Gasteiger partial charge in [0.1, 0.15) is 5.52 Å². The van der Waals surface area contributed by atoms with Crippen LogP contribution >= 0.6 is 38.5 Å². The third-order valence-corrected chi connectivity index (χ3v) is 2.53. The lowest BCUT2D eigenvalue weighted by Gasteiger charge is -2.02. The highest BCUT2D eigenvalue weighted by Gasteiger charge is 2.04. The topological polar surface area (TPSA) is 34.9 Å². The second-order valence-electron chi connectivity index (χ2n) is 2.79. The Balaban J connectivity index is 0.000000531. The number of fused-ring (bicyclic) bond motifs is 1. The first-order valence-electron chi connectivity index (χ1n) is 4.18. The zero-order valence-corrected chi connectivity index (χ0v) is 12.1. The number of alkyl halides is 1. The predicted octanol–water partition coefficient (Wildman–Crippen LogP) is 2.75. The van der Waals surface area contributed by atoms with Gasteiger partial charge in [-0.3, -0.25) is 9.78 Å². The number of hydrogen-bond donors (Lipinski definition) is 0. The van der Waals surface area contributed by atoms with Gasteiger partial charge >= 0.3 is 0 Å². The molecule has 2 heterocycles. The molecular formula is C10H10BrIN2O. The van der Waals surface area contributed by atoms with E-state index in [0.717, 1.165) is 9.86 Å². The fraction of sp³-hybridized carbons (Fsp3) is 0.200. The summed E-state index contributed by atoms with van der Waals surface area (Å²) in [5.74, 6) is 0. The fourth-order valence-electron chi connectivity index (χ4n) is 1.23. The van der Waals surface area contributed by atoms with Crippen LogP contribution in [0.15, 0.2) is 33.8 Å². The van der Waals surface area contributed by atoms with E-state index in [1.54, 1.807) is 19.4 Å². The Morgan fingerprint density at radius 2 is 2.13 bits per heavy atom. The summed E-state index contributed by atoms with van der Waals surface area (Å²) in [6, 6.07) is 3.68. The molecule has 0 N–H and O–H groups in total. The molecule has 0 aliphatic rings. The van der Waals surface area contributed by atoms with Gasteiger partial charge in [0, 0.05) is 29.3 Å². The van der Waals surface area contributed by atoms with Crippen molar-refractivity contribution < 1.29 is 0 Å². The SMILES string of the molecule is CI.Cn1cc(Br)c2cccnc2c1=O. The number of rotatable bonds is 0. The van der Waals surface area contributed by atoms with Gasteiger partial charge in [0.2, 0.25) is 0 Å². The Morgan fingerprint density at radius 3 is 2.80 bits per heavy atom. The molecule has 0 aliphatic carbocycles. The highest BCUT2D eigenvalue weighted by atomic mass is 127. The maximum atomic E-state index is 11.6. The monoisotopic (exact) mass is 380 g/mol. The molecule has 15 heavy (non-hydrogen) atoms. The molecule has 0 saturated carbocycles. The summed E-state index contributed by atoms with van der Waals surface area (Å²) in [5.41, 5.74) is 0.429. The van der Waals surface area contributed by atoms with Crippen LogP contribution < -0.4 is 5.56 Å². The first-order chi connectivity index (χ1) is 7.20. The number of hydrogen-bond acceptors (Lipinski definition) is 2. The second kappa shape index (κ2) is 5.60. The van der Waals surface area contributed by atoms with Gasteiger partial charge in [-0.25, -0.2) is 0 Å². The Kier molecular flexibility index (Phi) is 4.72. The van der Waals surface area contributed by atoms with E-state index < -0.39 is 0 Å². The maximum Gasteiger partial charge on any atom is 0.276 e. The second-order valence-corrected chi connectivity index (χ2v) is 3.65. The van der Waals surface area contributed by atoms with Gasteiger partial charge in [0.15, 0.2) is 0 Å². The summed E-state index contributed by atoms with van der Waals surface area (Å²) in [4.78, 5) is 17.6. The Bertz CT molecular complexity index is 524. The molecule has 3 nitrogen and oxygen atoms in total.